The van der Waals surface area contributed by atoms with Crippen LogP contribution in [-0.2, 0) is 19.5 Å². The average Bonchev–Trinajstić information content (AvgIpc) is 2.75. The van der Waals surface area contributed by atoms with Crippen LogP contribution in [0.1, 0.15) is 44.5 Å². The highest BCUT2D eigenvalue weighted by molar-refractivity contribution is 9.10. The molecule has 6 heteroatoms. The molecule has 1 aromatic heterocycles. The van der Waals surface area contributed by atoms with Crippen LogP contribution in [0.25, 0.3) is 0 Å². The summed E-state index contributed by atoms with van der Waals surface area (Å²) in [6.45, 7) is 7.08. The molecule has 0 amide bonds. The van der Waals surface area contributed by atoms with Crippen molar-refractivity contribution in [2.45, 2.75) is 58.7 Å². The number of aryl methyl sites for hydroxylation is 2. The predicted octanol–water partition coefficient (Wildman–Crippen LogP) is 2.87. The first-order chi connectivity index (χ1) is 9.58. The average molecular weight is 359 g/mol. The number of nitrogens with two attached hydrogens (primary N) is 1. The summed E-state index contributed by atoms with van der Waals surface area (Å²) in [7, 11) is 0. The standard InChI is InChI=1S/C14H23BrN4S/c1-3-10-13(15)12(19(4-2)17-10)9-18-8-6-5-7-11(18)14(16)20/h11H,3-9H2,1-2H3,(H2,16,20). The molecular formula is C14H23BrN4S. The molecule has 0 spiro atoms. The Morgan fingerprint density at radius 1 is 1.45 bits per heavy atom. The minimum absolute atomic E-state index is 0.232. The van der Waals surface area contributed by atoms with E-state index in [1.807, 2.05) is 0 Å². The van der Waals surface area contributed by atoms with Crippen molar-refractivity contribution in [3.8, 4) is 0 Å². The van der Waals surface area contributed by atoms with Gasteiger partial charge in [-0.3, -0.25) is 9.58 Å². The summed E-state index contributed by atoms with van der Waals surface area (Å²) in [4.78, 5) is 3.03. The summed E-state index contributed by atoms with van der Waals surface area (Å²) >= 11 is 8.95. The number of halogens is 1. The van der Waals surface area contributed by atoms with Crippen molar-refractivity contribution in [2.24, 2.45) is 5.73 Å². The van der Waals surface area contributed by atoms with Gasteiger partial charge in [-0.25, -0.2) is 0 Å². The largest absolute Gasteiger partial charge is 0.392 e. The minimum Gasteiger partial charge on any atom is -0.392 e. The van der Waals surface area contributed by atoms with E-state index in [0.717, 1.165) is 42.6 Å². The predicted molar refractivity (Wildman–Crippen MR) is 89.8 cm³/mol. The van der Waals surface area contributed by atoms with Crippen LogP contribution in [0, 0.1) is 0 Å². The molecule has 1 unspecified atom stereocenters. The van der Waals surface area contributed by atoms with E-state index in [0.29, 0.717) is 4.99 Å². The van der Waals surface area contributed by atoms with E-state index < -0.39 is 0 Å². The Bertz CT molecular complexity index is 486. The molecule has 2 N–H and O–H groups in total. The smallest absolute Gasteiger partial charge is 0.0902 e. The normalized spacial score (nSPS) is 20.2. The molecule has 0 radical (unpaired) electrons. The zero-order valence-electron chi connectivity index (χ0n) is 12.2. The second kappa shape index (κ2) is 7.00. The molecule has 2 heterocycles. The van der Waals surface area contributed by atoms with Gasteiger partial charge in [-0.2, -0.15) is 5.10 Å². The molecule has 112 valence electrons. The van der Waals surface area contributed by atoms with Crippen molar-refractivity contribution in [2.75, 3.05) is 6.54 Å². The maximum atomic E-state index is 5.91. The molecule has 0 saturated carbocycles. The number of likely N-dealkylation sites (tertiary alicyclic amines) is 1. The number of piperidine rings is 1. The molecule has 1 aromatic rings. The van der Waals surface area contributed by atoms with Gasteiger partial charge in [-0.1, -0.05) is 25.6 Å². The second-order valence-corrected chi connectivity index (χ2v) is 6.53. The Hall–Kier alpha value is -0.460. The van der Waals surface area contributed by atoms with E-state index in [1.54, 1.807) is 0 Å². The number of aromatic nitrogens is 2. The second-order valence-electron chi connectivity index (χ2n) is 5.26. The van der Waals surface area contributed by atoms with Crippen LogP contribution in [0.3, 0.4) is 0 Å². The summed E-state index contributed by atoms with van der Waals surface area (Å²) in [5.74, 6) is 0. The van der Waals surface area contributed by atoms with E-state index in [9.17, 15) is 0 Å². The van der Waals surface area contributed by atoms with Gasteiger partial charge >= 0.3 is 0 Å². The van der Waals surface area contributed by atoms with Gasteiger partial charge in [0.25, 0.3) is 0 Å². The molecule has 1 saturated heterocycles. The van der Waals surface area contributed by atoms with Gasteiger partial charge in [0.1, 0.15) is 0 Å². The molecule has 4 nitrogen and oxygen atoms in total. The van der Waals surface area contributed by atoms with Crippen LogP contribution in [0.15, 0.2) is 4.47 Å². The molecule has 20 heavy (non-hydrogen) atoms. The highest BCUT2D eigenvalue weighted by Crippen LogP contribution is 2.26. The molecular weight excluding hydrogens is 336 g/mol. The van der Waals surface area contributed by atoms with Gasteiger partial charge in [0.05, 0.1) is 26.9 Å². The molecule has 1 aliphatic heterocycles. The Kier molecular flexibility index (Phi) is 5.57. The summed E-state index contributed by atoms with van der Waals surface area (Å²) in [5, 5.41) is 4.66. The third-order valence-electron chi connectivity index (χ3n) is 3.99. The maximum Gasteiger partial charge on any atom is 0.0902 e. The van der Waals surface area contributed by atoms with Crippen molar-refractivity contribution < 1.29 is 0 Å². The van der Waals surface area contributed by atoms with Crippen molar-refractivity contribution in [3.05, 3.63) is 15.9 Å². The Labute approximate surface area is 134 Å². The lowest BCUT2D eigenvalue weighted by Gasteiger charge is -2.35. The molecule has 1 fully saturated rings. The topological polar surface area (TPSA) is 47.1 Å². The van der Waals surface area contributed by atoms with Gasteiger partial charge in [-0.05, 0) is 48.7 Å². The van der Waals surface area contributed by atoms with Crippen LogP contribution in [0.2, 0.25) is 0 Å². The van der Waals surface area contributed by atoms with Gasteiger partial charge < -0.3 is 5.73 Å². The Morgan fingerprint density at radius 3 is 2.80 bits per heavy atom. The number of thiocarbonyl (C=S) groups is 1. The first-order valence-electron chi connectivity index (χ1n) is 7.35. The molecule has 0 bridgehead atoms. The molecule has 1 atom stereocenters. The minimum atomic E-state index is 0.232. The first-order valence-corrected chi connectivity index (χ1v) is 8.56. The fourth-order valence-corrected chi connectivity index (χ4v) is 3.82. The first kappa shape index (κ1) is 15.9. The van der Waals surface area contributed by atoms with Crippen LogP contribution in [0.4, 0.5) is 0 Å². The van der Waals surface area contributed by atoms with Crippen molar-refractivity contribution in [1.29, 1.82) is 0 Å². The molecule has 1 aliphatic rings. The van der Waals surface area contributed by atoms with E-state index >= 15 is 0 Å². The number of nitrogens with zero attached hydrogens (tertiary/aromatic N) is 3. The zero-order chi connectivity index (χ0) is 14.7. The van der Waals surface area contributed by atoms with Crippen molar-refractivity contribution in [3.63, 3.8) is 0 Å². The maximum absolute atomic E-state index is 5.91. The van der Waals surface area contributed by atoms with Crippen molar-refractivity contribution in [1.82, 2.24) is 14.7 Å². The van der Waals surface area contributed by atoms with Crippen LogP contribution < -0.4 is 5.73 Å². The molecule has 0 aromatic carbocycles. The quantitative estimate of drug-likeness (QED) is 0.822. The van der Waals surface area contributed by atoms with E-state index in [-0.39, 0.29) is 6.04 Å². The van der Waals surface area contributed by atoms with E-state index in [4.69, 9.17) is 18.0 Å². The zero-order valence-corrected chi connectivity index (χ0v) is 14.6. The van der Waals surface area contributed by atoms with Gasteiger partial charge in [0, 0.05) is 13.1 Å². The monoisotopic (exact) mass is 358 g/mol. The number of rotatable bonds is 5. The van der Waals surface area contributed by atoms with Crippen LogP contribution >= 0.6 is 28.1 Å². The third kappa shape index (κ3) is 3.23. The van der Waals surface area contributed by atoms with Crippen LogP contribution in [0.5, 0.6) is 0 Å². The molecule has 0 aliphatic carbocycles. The summed E-state index contributed by atoms with van der Waals surface area (Å²) in [5.41, 5.74) is 8.28. The fraction of sp³-hybridized carbons (Fsp3) is 0.714. The van der Waals surface area contributed by atoms with E-state index in [1.165, 1.54) is 18.5 Å². The highest BCUT2D eigenvalue weighted by atomic mass is 79.9. The van der Waals surface area contributed by atoms with Crippen LogP contribution in [-0.4, -0.2) is 32.3 Å². The van der Waals surface area contributed by atoms with Gasteiger partial charge in [0.2, 0.25) is 0 Å². The SMILES string of the molecule is CCc1nn(CC)c(CN2CCCCC2C(N)=S)c1Br. The number of hydrogen-bond donors (Lipinski definition) is 1. The van der Waals surface area contributed by atoms with Gasteiger partial charge in [0.15, 0.2) is 0 Å². The van der Waals surface area contributed by atoms with E-state index in [2.05, 4.69) is 44.5 Å². The third-order valence-corrected chi connectivity index (χ3v) is 5.18. The highest BCUT2D eigenvalue weighted by Gasteiger charge is 2.27. The molecule has 2 rings (SSSR count). The lowest BCUT2D eigenvalue weighted by Crippen LogP contribution is -2.46. The van der Waals surface area contributed by atoms with Crippen molar-refractivity contribution >= 4 is 33.1 Å². The lowest BCUT2D eigenvalue weighted by atomic mass is 10.0. The Morgan fingerprint density at radius 2 is 2.20 bits per heavy atom. The fourth-order valence-electron chi connectivity index (χ4n) is 2.86. The summed E-state index contributed by atoms with van der Waals surface area (Å²) in [6.07, 6.45) is 4.46. The summed E-state index contributed by atoms with van der Waals surface area (Å²) < 4.78 is 3.24. The number of hydrogen-bond acceptors (Lipinski definition) is 3. The Balaban J connectivity index is 2.23. The lowest BCUT2D eigenvalue weighted by molar-refractivity contribution is 0.179. The van der Waals surface area contributed by atoms with Gasteiger partial charge in [-0.15, -0.1) is 0 Å². The summed E-state index contributed by atoms with van der Waals surface area (Å²) in [6, 6.07) is 0.232.